The molecule has 0 bridgehead atoms. The fourth-order valence-corrected chi connectivity index (χ4v) is 3.14. The van der Waals surface area contributed by atoms with Gasteiger partial charge >= 0.3 is 6.03 Å². The van der Waals surface area contributed by atoms with Crippen molar-refractivity contribution in [2.24, 2.45) is 7.05 Å². The molecular formula is C20H20N4O2. The van der Waals surface area contributed by atoms with Crippen LogP contribution in [0.5, 0.6) is 5.75 Å². The van der Waals surface area contributed by atoms with Crippen LogP contribution in [-0.2, 0) is 13.5 Å². The van der Waals surface area contributed by atoms with Gasteiger partial charge in [0, 0.05) is 25.2 Å². The highest BCUT2D eigenvalue weighted by Gasteiger charge is 2.23. The molecule has 0 saturated carbocycles. The number of nitrogens with one attached hydrogen (secondary N) is 2. The highest BCUT2D eigenvalue weighted by atomic mass is 16.5. The lowest BCUT2D eigenvalue weighted by atomic mass is 10.1. The number of hydrogen-bond donors (Lipinski definition) is 2. The van der Waals surface area contributed by atoms with Crippen molar-refractivity contribution in [3.63, 3.8) is 0 Å². The molecule has 0 fully saturated rings. The van der Waals surface area contributed by atoms with Gasteiger partial charge in [-0.1, -0.05) is 48.5 Å². The van der Waals surface area contributed by atoms with E-state index in [0.29, 0.717) is 12.4 Å². The molecule has 1 aromatic heterocycles. The predicted octanol–water partition coefficient (Wildman–Crippen LogP) is 3.21. The molecule has 1 aliphatic rings. The van der Waals surface area contributed by atoms with E-state index in [1.54, 1.807) is 4.68 Å². The average molecular weight is 348 g/mol. The monoisotopic (exact) mass is 348 g/mol. The number of para-hydroxylation sites is 1. The van der Waals surface area contributed by atoms with Crippen LogP contribution in [0.1, 0.15) is 5.56 Å². The zero-order chi connectivity index (χ0) is 17.9. The second kappa shape index (κ2) is 6.92. The minimum atomic E-state index is -0.291. The summed E-state index contributed by atoms with van der Waals surface area (Å²) in [5.41, 5.74) is 3.06. The number of benzene rings is 2. The Morgan fingerprint density at radius 2 is 1.96 bits per heavy atom. The van der Waals surface area contributed by atoms with Crippen molar-refractivity contribution in [2.45, 2.75) is 12.5 Å². The number of aryl methyl sites for hydroxylation is 1. The summed E-state index contributed by atoms with van der Waals surface area (Å²) >= 11 is 0. The summed E-state index contributed by atoms with van der Waals surface area (Å²) < 4.78 is 7.53. The van der Waals surface area contributed by atoms with Crippen LogP contribution >= 0.6 is 0 Å². The Bertz CT molecular complexity index is 896. The topological polar surface area (TPSA) is 68.2 Å². The van der Waals surface area contributed by atoms with Gasteiger partial charge in [-0.25, -0.2) is 4.79 Å². The highest BCUT2D eigenvalue weighted by Crippen LogP contribution is 2.28. The van der Waals surface area contributed by atoms with Gasteiger partial charge in [0.25, 0.3) is 0 Å². The number of amides is 2. The van der Waals surface area contributed by atoms with Gasteiger partial charge < -0.3 is 10.1 Å². The Hall–Kier alpha value is -3.28. The van der Waals surface area contributed by atoms with Gasteiger partial charge in [0.05, 0.1) is 6.54 Å². The van der Waals surface area contributed by atoms with Crippen molar-refractivity contribution in [3.05, 3.63) is 66.4 Å². The van der Waals surface area contributed by atoms with Crippen molar-refractivity contribution in [1.29, 1.82) is 0 Å². The van der Waals surface area contributed by atoms with Crippen LogP contribution in [0.3, 0.4) is 0 Å². The first kappa shape index (κ1) is 16.2. The fourth-order valence-electron chi connectivity index (χ4n) is 3.14. The summed E-state index contributed by atoms with van der Waals surface area (Å²) in [6.07, 6.45) is 2.65. The Morgan fingerprint density at radius 3 is 2.77 bits per heavy atom. The number of rotatable bonds is 4. The molecule has 2 aromatic carbocycles. The maximum Gasteiger partial charge on any atom is 0.320 e. The summed E-state index contributed by atoms with van der Waals surface area (Å²) in [6, 6.07) is 17.5. The van der Waals surface area contributed by atoms with Crippen LogP contribution in [0.2, 0.25) is 0 Å². The van der Waals surface area contributed by atoms with Gasteiger partial charge in [0.2, 0.25) is 0 Å². The van der Waals surface area contributed by atoms with E-state index >= 15 is 0 Å². The molecular weight excluding hydrogens is 328 g/mol. The minimum absolute atomic E-state index is 0.0459. The largest absolute Gasteiger partial charge is 0.488 e. The molecule has 1 atom stereocenters. The van der Waals surface area contributed by atoms with Gasteiger partial charge in [-0.15, -0.1) is 0 Å². The SMILES string of the molecule is Cn1cc(-c2ccccc2)c(NC(=O)NC[C@H]2Cc3ccccc3O2)n1. The standard InChI is InChI=1S/C20H20N4O2/c1-24-13-17(14-7-3-2-4-8-14)19(23-24)22-20(25)21-12-16-11-15-9-5-6-10-18(15)26-16/h2-10,13,16H,11-12H2,1H3,(H2,21,22,23,25)/t16-/m1/s1. The molecule has 132 valence electrons. The molecule has 4 rings (SSSR count). The Morgan fingerprint density at radius 1 is 1.19 bits per heavy atom. The van der Waals surface area contributed by atoms with Crippen molar-refractivity contribution in [3.8, 4) is 16.9 Å². The number of carbonyl (C=O) groups excluding carboxylic acids is 1. The lowest BCUT2D eigenvalue weighted by Crippen LogP contribution is -2.37. The first-order chi connectivity index (χ1) is 12.7. The number of hydrogen-bond acceptors (Lipinski definition) is 3. The van der Waals surface area contributed by atoms with Crippen LogP contribution in [0.4, 0.5) is 10.6 Å². The smallest absolute Gasteiger partial charge is 0.320 e. The van der Waals surface area contributed by atoms with E-state index in [1.165, 1.54) is 5.56 Å². The Balaban J connectivity index is 1.38. The van der Waals surface area contributed by atoms with E-state index in [1.807, 2.05) is 61.8 Å². The summed E-state index contributed by atoms with van der Waals surface area (Å²) in [7, 11) is 1.83. The molecule has 6 nitrogen and oxygen atoms in total. The quantitative estimate of drug-likeness (QED) is 0.761. The third-order valence-corrected chi connectivity index (χ3v) is 4.35. The number of anilines is 1. The van der Waals surface area contributed by atoms with Gasteiger partial charge in [-0.3, -0.25) is 10.00 Å². The number of carbonyl (C=O) groups is 1. The number of nitrogens with zero attached hydrogens (tertiary/aromatic N) is 2. The van der Waals surface area contributed by atoms with Crippen molar-refractivity contribution in [1.82, 2.24) is 15.1 Å². The second-order valence-corrected chi connectivity index (χ2v) is 6.32. The third kappa shape index (κ3) is 3.39. The van der Waals surface area contributed by atoms with Gasteiger partial charge in [0.1, 0.15) is 11.9 Å². The highest BCUT2D eigenvalue weighted by molar-refractivity contribution is 5.92. The number of fused-ring (bicyclic) bond motifs is 1. The van der Waals surface area contributed by atoms with Crippen molar-refractivity contribution in [2.75, 3.05) is 11.9 Å². The van der Waals surface area contributed by atoms with Crippen LogP contribution < -0.4 is 15.4 Å². The van der Waals surface area contributed by atoms with Crippen molar-refractivity contribution < 1.29 is 9.53 Å². The van der Waals surface area contributed by atoms with Gasteiger partial charge in [0.15, 0.2) is 5.82 Å². The average Bonchev–Trinajstić information content (AvgIpc) is 3.23. The van der Waals surface area contributed by atoms with Crippen LogP contribution in [-0.4, -0.2) is 28.5 Å². The Kier molecular flexibility index (Phi) is 4.31. The van der Waals surface area contributed by atoms with Gasteiger partial charge in [-0.05, 0) is 17.2 Å². The second-order valence-electron chi connectivity index (χ2n) is 6.32. The first-order valence-corrected chi connectivity index (χ1v) is 8.57. The summed E-state index contributed by atoms with van der Waals surface area (Å²) in [6.45, 7) is 0.439. The van der Waals surface area contributed by atoms with Crippen LogP contribution in [0.15, 0.2) is 60.8 Å². The minimum Gasteiger partial charge on any atom is -0.488 e. The molecule has 0 aliphatic carbocycles. The molecule has 2 amide bonds. The summed E-state index contributed by atoms with van der Waals surface area (Å²) in [4.78, 5) is 12.3. The number of aromatic nitrogens is 2. The van der Waals surface area contributed by atoms with Crippen LogP contribution in [0.25, 0.3) is 11.1 Å². The molecule has 0 saturated heterocycles. The first-order valence-electron chi connectivity index (χ1n) is 8.57. The summed E-state index contributed by atoms with van der Waals surface area (Å²) in [5.74, 6) is 1.43. The summed E-state index contributed by atoms with van der Waals surface area (Å²) in [5, 5.41) is 10.1. The molecule has 26 heavy (non-hydrogen) atoms. The maximum absolute atomic E-state index is 12.3. The molecule has 2 N–H and O–H groups in total. The number of urea groups is 1. The molecule has 3 aromatic rings. The Labute approximate surface area is 151 Å². The van der Waals surface area contributed by atoms with Crippen molar-refractivity contribution >= 4 is 11.8 Å². The zero-order valence-electron chi connectivity index (χ0n) is 14.5. The number of ether oxygens (including phenoxy) is 1. The lowest BCUT2D eigenvalue weighted by Gasteiger charge is -2.12. The third-order valence-electron chi connectivity index (χ3n) is 4.35. The molecule has 6 heteroatoms. The van der Waals surface area contributed by atoms with Gasteiger partial charge in [-0.2, -0.15) is 5.10 Å². The fraction of sp³-hybridized carbons (Fsp3) is 0.200. The van der Waals surface area contributed by atoms with Crippen LogP contribution in [0, 0.1) is 0 Å². The zero-order valence-corrected chi connectivity index (χ0v) is 14.5. The van der Waals surface area contributed by atoms with E-state index in [-0.39, 0.29) is 12.1 Å². The van der Waals surface area contributed by atoms with E-state index < -0.39 is 0 Å². The van der Waals surface area contributed by atoms with E-state index in [0.717, 1.165) is 23.3 Å². The van der Waals surface area contributed by atoms with E-state index in [9.17, 15) is 4.79 Å². The predicted molar refractivity (Wildman–Crippen MR) is 100 cm³/mol. The van der Waals surface area contributed by atoms with E-state index in [2.05, 4.69) is 21.8 Å². The molecule has 0 radical (unpaired) electrons. The van der Waals surface area contributed by atoms with E-state index in [4.69, 9.17) is 4.74 Å². The molecule has 0 unspecified atom stereocenters. The maximum atomic E-state index is 12.3. The molecule has 2 heterocycles. The molecule has 0 spiro atoms. The lowest BCUT2D eigenvalue weighted by molar-refractivity contribution is 0.219. The molecule has 1 aliphatic heterocycles. The normalized spacial score (nSPS) is 15.2.